The van der Waals surface area contributed by atoms with Crippen LogP contribution < -0.4 is 16.4 Å². The smallest absolute Gasteiger partial charge is 0.287 e. The Balaban J connectivity index is 1.99. The second-order valence-electron chi connectivity index (χ2n) is 6.60. The molecule has 1 saturated heterocycles. The molecule has 1 heterocycles. The van der Waals surface area contributed by atoms with Gasteiger partial charge in [-0.2, -0.15) is 0 Å². The van der Waals surface area contributed by atoms with E-state index in [1.165, 1.54) is 0 Å². The van der Waals surface area contributed by atoms with E-state index < -0.39 is 17.7 Å². The molecule has 1 aliphatic carbocycles. The Bertz CT molecular complexity index is 432. The summed E-state index contributed by atoms with van der Waals surface area (Å²) in [6.45, 7) is 4.99. The summed E-state index contributed by atoms with van der Waals surface area (Å²) in [7, 11) is 0. The Labute approximate surface area is 125 Å². The number of hydrogen-bond acceptors (Lipinski definition) is 4. The van der Waals surface area contributed by atoms with Crippen LogP contribution in [0.2, 0.25) is 0 Å². The van der Waals surface area contributed by atoms with Crippen LogP contribution in [-0.4, -0.2) is 36.2 Å². The van der Waals surface area contributed by atoms with Crippen LogP contribution in [0.15, 0.2) is 0 Å². The van der Waals surface area contributed by atoms with Crippen molar-refractivity contribution in [3.63, 3.8) is 0 Å². The van der Waals surface area contributed by atoms with E-state index >= 15 is 0 Å². The molecule has 2 fully saturated rings. The highest BCUT2D eigenvalue weighted by atomic mass is 16.2. The molecule has 0 aromatic rings. The van der Waals surface area contributed by atoms with Crippen LogP contribution in [0.4, 0.5) is 0 Å². The predicted octanol–water partition coefficient (Wildman–Crippen LogP) is -0.0402. The largest absolute Gasteiger partial charge is 0.363 e. The van der Waals surface area contributed by atoms with E-state index in [-0.39, 0.29) is 17.9 Å². The van der Waals surface area contributed by atoms with Gasteiger partial charge in [0.15, 0.2) is 0 Å². The Kier molecular flexibility index (Phi) is 4.98. The third-order valence-electron chi connectivity index (χ3n) is 4.55. The number of nitrogens with one attached hydrogen (secondary N) is 2. The van der Waals surface area contributed by atoms with Crippen LogP contribution in [-0.2, 0) is 14.4 Å². The number of carbonyl (C=O) groups excluding carboxylic acids is 3. The standard InChI is InChI=1S/C15H25N3O3/c1-8(2)10-5-6-17-12(10)15(21)18-11(7-9-3-4-9)13(19)14(16)20/h8-12,17H,3-7H2,1-2H3,(H2,16,20)(H,18,21). The second kappa shape index (κ2) is 6.56. The Morgan fingerprint density at radius 1 is 1.24 bits per heavy atom. The van der Waals surface area contributed by atoms with Crippen molar-refractivity contribution in [1.29, 1.82) is 0 Å². The van der Waals surface area contributed by atoms with Gasteiger partial charge in [-0.1, -0.05) is 26.7 Å². The molecule has 118 valence electrons. The molecule has 0 radical (unpaired) electrons. The summed E-state index contributed by atoms with van der Waals surface area (Å²) < 4.78 is 0. The van der Waals surface area contributed by atoms with Crippen molar-refractivity contribution in [3.05, 3.63) is 0 Å². The van der Waals surface area contributed by atoms with Gasteiger partial charge in [0.05, 0.1) is 12.1 Å². The maximum absolute atomic E-state index is 12.4. The van der Waals surface area contributed by atoms with Crippen molar-refractivity contribution >= 4 is 17.6 Å². The number of ketones is 1. The summed E-state index contributed by atoms with van der Waals surface area (Å²) in [4.78, 5) is 35.4. The van der Waals surface area contributed by atoms with E-state index in [1.54, 1.807) is 0 Å². The van der Waals surface area contributed by atoms with Gasteiger partial charge in [-0.05, 0) is 37.1 Å². The lowest BCUT2D eigenvalue weighted by Crippen LogP contribution is -2.53. The summed E-state index contributed by atoms with van der Waals surface area (Å²) in [5.74, 6) is -0.766. The summed E-state index contributed by atoms with van der Waals surface area (Å²) in [6.07, 6.45) is 3.57. The van der Waals surface area contributed by atoms with Crippen LogP contribution >= 0.6 is 0 Å². The molecule has 2 aliphatic rings. The van der Waals surface area contributed by atoms with E-state index in [1.807, 2.05) is 0 Å². The SMILES string of the molecule is CC(C)C1CCNC1C(=O)NC(CC1CC1)C(=O)C(N)=O. The molecule has 2 amide bonds. The third kappa shape index (κ3) is 4.03. The Morgan fingerprint density at radius 3 is 2.43 bits per heavy atom. The normalized spacial score (nSPS) is 26.6. The number of Topliss-reactive ketones (excluding diaryl/α,β-unsaturated/α-hetero) is 1. The first-order valence-corrected chi connectivity index (χ1v) is 7.77. The fourth-order valence-corrected chi connectivity index (χ4v) is 3.08. The van der Waals surface area contributed by atoms with Gasteiger partial charge in [-0.3, -0.25) is 14.4 Å². The zero-order chi connectivity index (χ0) is 15.6. The van der Waals surface area contributed by atoms with Crippen molar-refractivity contribution < 1.29 is 14.4 Å². The molecular formula is C15H25N3O3. The molecule has 1 aliphatic heterocycles. The Hall–Kier alpha value is -1.43. The van der Waals surface area contributed by atoms with Crippen molar-refractivity contribution in [1.82, 2.24) is 10.6 Å². The lowest BCUT2D eigenvalue weighted by Gasteiger charge is -2.24. The van der Waals surface area contributed by atoms with Gasteiger partial charge in [0, 0.05) is 0 Å². The second-order valence-corrected chi connectivity index (χ2v) is 6.60. The average Bonchev–Trinajstić information content (AvgIpc) is 3.08. The van der Waals surface area contributed by atoms with Crippen LogP contribution in [0, 0.1) is 17.8 Å². The van der Waals surface area contributed by atoms with E-state index in [4.69, 9.17) is 5.73 Å². The highest BCUT2D eigenvalue weighted by Gasteiger charge is 2.38. The van der Waals surface area contributed by atoms with Gasteiger partial charge >= 0.3 is 0 Å². The van der Waals surface area contributed by atoms with Crippen molar-refractivity contribution in [3.8, 4) is 0 Å². The molecule has 0 aromatic carbocycles. The third-order valence-corrected chi connectivity index (χ3v) is 4.55. The molecule has 4 N–H and O–H groups in total. The lowest BCUT2D eigenvalue weighted by atomic mass is 9.88. The Morgan fingerprint density at radius 2 is 1.90 bits per heavy atom. The lowest BCUT2D eigenvalue weighted by molar-refractivity contribution is -0.138. The minimum atomic E-state index is -0.972. The van der Waals surface area contributed by atoms with Crippen molar-refractivity contribution in [2.24, 2.45) is 23.5 Å². The van der Waals surface area contributed by atoms with Gasteiger partial charge in [-0.15, -0.1) is 0 Å². The van der Waals surface area contributed by atoms with Crippen molar-refractivity contribution in [2.75, 3.05) is 6.54 Å². The van der Waals surface area contributed by atoms with Gasteiger partial charge < -0.3 is 16.4 Å². The van der Waals surface area contributed by atoms with Crippen LogP contribution in [0.1, 0.15) is 39.5 Å². The van der Waals surface area contributed by atoms with E-state index in [0.717, 1.165) is 25.8 Å². The van der Waals surface area contributed by atoms with Gasteiger partial charge in [0.1, 0.15) is 0 Å². The topological polar surface area (TPSA) is 101 Å². The van der Waals surface area contributed by atoms with Crippen LogP contribution in [0.3, 0.4) is 0 Å². The maximum atomic E-state index is 12.4. The number of amides is 2. The summed E-state index contributed by atoms with van der Waals surface area (Å²) in [6, 6.07) is -1.05. The average molecular weight is 295 g/mol. The molecule has 3 unspecified atom stereocenters. The van der Waals surface area contributed by atoms with E-state index in [9.17, 15) is 14.4 Å². The molecule has 6 heteroatoms. The fourth-order valence-electron chi connectivity index (χ4n) is 3.08. The van der Waals surface area contributed by atoms with Crippen LogP contribution in [0.5, 0.6) is 0 Å². The summed E-state index contributed by atoms with van der Waals surface area (Å²) in [5.41, 5.74) is 5.08. The number of rotatable bonds is 7. The quantitative estimate of drug-likeness (QED) is 0.574. The number of carbonyl (C=O) groups is 3. The first kappa shape index (κ1) is 15.9. The van der Waals surface area contributed by atoms with E-state index in [0.29, 0.717) is 18.3 Å². The van der Waals surface area contributed by atoms with Gasteiger partial charge in [0.2, 0.25) is 11.7 Å². The molecular weight excluding hydrogens is 270 g/mol. The van der Waals surface area contributed by atoms with Gasteiger partial charge in [-0.25, -0.2) is 0 Å². The molecule has 1 saturated carbocycles. The molecule has 0 aromatic heterocycles. The molecule has 0 bridgehead atoms. The molecule has 2 rings (SSSR count). The highest BCUT2D eigenvalue weighted by molar-refractivity contribution is 6.37. The first-order chi connectivity index (χ1) is 9.90. The first-order valence-electron chi connectivity index (χ1n) is 7.77. The maximum Gasteiger partial charge on any atom is 0.287 e. The number of nitrogens with two attached hydrogens (primary N) is 1. The monoisotopic (exact) mass is 295 g/mol. The summed E-state index contributed by atoms with van der Waals surface area (Å²) in [5, 5.41) is 5.94. The minimum absolute atomic E-state index is 0.188. The fraction of sp³-hybridized carbons (Fsp3) is 0.800. The molecule has 21 heavy (non-hydrogen) atoms. The predicted molar refractivity (Wildman–Crippen MR) is 78.2 cm³/mol. The zero-order valence-electron chi connectivity index (χ0n) is 12.7. The number of primary amides is 1. The van der Waals surface area contributed by atoms with Gasteiger partial charge in [0.25, 0.3) is 5.91 Å². The number of hydrogen-bond donors (Lipinski definition) is 3. The zero-order valence-corrected chi connectivity index (χ0v) is 12.7. The minimum Gasteiger partial charge on any atom is -0.363 e. The van der Waals surface area contributed by atoms with Crippen LogP contribution in [0.25, 0.3) is 0 Å². The van der Waals surface area contributed by atoms with E-state index in [2.05, 4.69) is 24.5 Å². The molecule has 6 nitrogen and oxygen atoms in total. The molecule has 0 spiro atoms. The molecule has 3 atom stereocenters. The van der Waals surface area contributed by atoms with Crippen molar-refractivity contribution in [2.45, 2.75) is 51.6 Å². The highest BCUT2D eigenvalue weighted by Crippen LogP contribution is 2.34. The summed E-state index contributed by atoms with van der Waals surface area (Å²) >= 11 is 0.